The highest BCUT2D eigenvalue weighted by molar-refractivity contribution is 7.17. The summed E-state index contributed by atoms with van der Waals surface area (Å²) in [6.07, 6.45) is 9.05. The minimum absolute atomic E-state index is 0.150. The molecule has 1 aliphatic rings. The molecule has 0 bridgehead atoms. The Balaban J connectivity index is 0.000000162. The number of thiophene rings is 2. The summed E-state index contributed by atoms with van der Waals surface area (Å²) in [7, 11) is 3.74. The lowest BCUT2D eigenvalue weighted by Gasteiger charge is -2.11. The summed E-state index contributed by atoms with van der Waals surface area (Å²) in [4.78, 5) is 36.5. The Kier molecular flexibility index (Phi) is 10.7. The largest absolute Gasteiger partial charge is 0.320 e. The van der Waals surface area contributed by atoms with Crippen molar-refractivity contribution in [3.63, 3.8) is 0 Å². The van der Waals surface area contributed by atoms with Gasteiger partial charge in [0.15, 0.2) is 0 Å². The van der Waals surface area contributed by atoms with E-state index in [4.69, 9.17) is 11.6 Å². The Morgan fingerprint density at radius 3 is 1.87 bits per heavy atom. The van der Waals surface area contributed by atoms with Gasteiger partial charge in [-0.25, -0.2) is 14.4 Å². The van der Waals surface area contributed by atoms with Gasteiger partial charge in [-0.3, -0.25) is 19.0 Å². The first kappa shape index (κ1) is 35.3. The maximum atomic E-state index is 13.7. The van der Waals surface area contributed by atoms with Gasteiger partial charge in [-0.05, 0) is 67.4 Å². The molecule has 1 aromatic carbocycles. The van der Waals surface area contributed by atoms with Crippen molar-refractivity contribution in [1.29, 1.82) is 0 Å². The number of anilines is 1. The van der Waals surface area contributed by atoms with E-state index in [1.54, 1.807) is 46.6 Å². The molecule has 1 aliphatic carbocycles. The van der Waals surface area contributed by atoms with Gasteiger partial charge in [0.25, 0.3) is 11.8 Å². The summed E-state index contributed by atoms with van der Waals surface area (Å²) in [5.74, 6) is -0.950. The van der Waals surface area contributed by atoms with Crippen molar-refractivity contribution in [2.75, 3.05) is 5.32 Å². The zero-order valence-electron chi connectivity index (χ0n) is 27.5. The van der Waals surface area contributed by atoms with Crippen molar-refractivity contribution < 1.29 is 14.0 Å². The summed E-state index contributed by atoms with van der Waals surface area (Å²) < 4.78 is 17.3. The van der Waals surface area contributed by atoms with Crippen LogP contribution in [0.25, 0.3) is 42.5 Å². The summed E-state index contributed by atoms with van der Waals surface area (Å²) in [5, 5.41) is 20.8. The number of benzene rings is 1. The number of carbonyl (C=O) groups excluding carboxylic acids is 2. The van der Waals surface area contributed by atoms with E-state index < -0.39 is 5.82 Å². The lowest BCUT2D eigenvalue weighted by atomic mass is 10.1. The molecule has 6 heterocycles. The fourth-order valence-electron chi connectivity index (χ4n) is 5.18. The number of nitrogens with one attached hydrogen (secondary N) is 2. The molecule has 6 aromatic heterocycles. The van der Waals surface area contributed by atoms with Crippen molar-refractivity contribution >= 4 is 74.4 Å². The number of rotatable bonds is 8. The summed E-state index contributed by atoms with van der Waals surface area (Å²) in [6, 6.07) is 17.4. The van der Waals surface area contributed by atoms with Crippen molar-refractivity contribution in [1.82, 2.24) is 34.8 Å². The van der Waals surface area contributed by atoms with Crippen LogP contribution in [0.4, 0.5) is 10.1 Å². The Morgan fingerprint density at radius 1 is 0.788 bits per heavy atom. The Labute approximate surface area is 318 Å². The van der Waals surface area contributed by atoms with Gasteiger partial charge in [0.2, 0.25) is 0 Å². The average molecular weight is 787 g/mol. The number of carbonyl (C=O) groups is 2. The van der Waals surface area contributed by atoms with Gasteiger partial charge in [-0.1, -0.05) is 29.8 Å². The molecule has 0 aliphatic heterocycles. The monoisotopic (exact) mass is 786 g/mol. The number of nitrogens with zero attached hydrogens (tertiary/aromatic N) is 6. The molecular weight excluding hydrogens is 759 g/mol. The highest BCUT2D eigenvalue weighted by Crippen LogP contribution is 2.33. The van der Waals surface area contributed by atoms with Crippen LogP contribution >= 0.6 is 56.9 Å². The molecule has 2 N–H and O–H groups in total. The van der Waals surface area contributed by atoms with Crippen molar-refractivity contribution in [3.8, 4) is 42.5 Å². The summed E-state index contributed by atoms with van der Waals surface area (Å²) in [5.41, 5.74) is 4.33. The smallest absolute Gasteiger partial charge is 0.265 e. The fourth-order valence-corrected chi connectivity index (χ4v) is 8.48. The van der Waals surface area contributed by atoms with Crippen LogP contribution in [0, 0.1) is 5.82 Å². The van der Waals surface area contributed by atoms with E-state index >= 15 is 0 Å². The van der Waals surface area contributed by atoms with Gasteiger partial charge in [0.05, 0.1) is 42.3 Å². The molecule has 0 atom stereocenters. The van der Waals surface area contributed by atoms with Crippen LogP contribution < -0.4 is 10.6 Å². The molecule has 0 spiro atoms. The second kappa shape index (κ2) is 15.7. The zero-order valence-corrected chi connectivity index (χ0v) is 31.6. The minimum atomic E-state index is -0.461. The highest BCUT2D eigenvalue weighted by atomic mass is 35.5. The normalized spacial score (nSPS) is 12.5. The standard InChI is InChI=1S/C18H15ClN4OS2.C18H13FN4OS2/c2*1-23-14(10-13(22-23)18-20-8-9-25-18)15-6-7-16(26-15)17(24)21-12-5-3-2-4-11(12)19/h3,5-10H,2,4H2,1H3,(H,21,24);2-10H,1H3,(H,21,24). The first-order chi connectivity index (χ1) is 25.2. The van der Waals surface area contributed by atoms with Crippen molar-refractivity contribution in [2.45, 2.75) is 12.8 Å². The van der Waals surface area contributed by atoms with Crippen LogP contribution in [0.2, 0.25) is 0 Å². The molecule has 10 nitrogen and oxygen atoms in total. The molecule has 0 fully saturated rings. The maximum absolute atomic E-state index is 13.7. The third kappa shape index (κ3) is 7.88. The van der Waals surface area contributed by atoms with E-state index in [2.05, 4.69) is 30.8 Å². The summed E-state index contributed by atoms with van der Waals surface area (Å²) >= 11 is 12.0. The Morgan fingerprint density at radius 2 is 1.35 bits per heavy atom. The van der Waals surface area contributed by atoms with Crippen molar-refractivity contribution in [3.05, 3.63) is 122 Å². The molecule has 0 saturated carbocycles. The van der Waals surface area contributed by atoms with E-state index in [0.29, 0.717) is 20.5 Å². The Bertz CT molecular complexity index is 2420. The number of hydrogen-bond donors (Lipinski definition) is 2. The van der Waals surface area contributed by atoms with E-state index in [0.717, 1.165) is 55.4 Å². The molecule has 0 unspecified atom stereocenters. The van der Waals surface area contributed by atoms with Crippen LogP contribution in [0.5, 0.6) is 0 Å². The van der Waals surface area contributed by atoms with Gasteiger partial charge < -0.3 is 10.6 Å². The zero-order chi connectivity index (χ0) is 36.2. The third-order valence-corrected chi connectivity index (χ3v) is 11.9. The van der Waals surface area contributed by atoms with Crippen LogP contribution in [0.1, 0.15) is 32.2 Å². The predicted molar refractivity (Wildman–Crippen MR) is 208 cm³/mol. The first-order valence-corrected chi connectivity index (χ1v) is 19.5. The fraction of sp³-hybridized carbons (Fsp3) is 0.111. The molecular formula is C36H28ClFN8O2S4. The number of aromatic nitrogens is 6. The predicted octanol–water partition coefficient (Wildman–Crippen LogP) is 9.47. The third-order valence-electron chi connectivity index (χ3n) is 7.70. The second-order valence-corrected chi connectivity index (χ2v) is 15.6. The number of hydrogen-bond acceptors (Lipinski definition) is 10. The van der Waals surface area contributed by atoms with Crippen molar-refractivity contribution in [2.24, 2.45) is 14.1 Å². The van der Waals surface area contributed by atoms with Crippen LogP contribution in [-0.4, -0.2) is 41.3 Å². The Hall–Kier alpha value is -5.06. The van der Waals surface area contributed by atoms with Gasteiger partial charge in [0, 0.05) is 42.3 Å². The SMILES string of the molecule is Cn1nc(-c2nccs2)cc1-c1ccc(C(=O)NC2=C(Cl)CCC=C2)s1.Cn1nc(-c2nccs2)cc1-c1ccc(C(=O)Nc2ccccc2F)s1. The van der Waals surface area contributed by atoms with Gasteiger partial charge in [0.1, 0.15) is 27.2 Å². The van der Waals surface area contributed by atoms with Gasteiger partial charge in [-0.2, -0.15) is 10.2 Å². The molecule has 52 heavy (non-hydrogen) atoms. The van der Waals surface area contributed by atoms with Crippen LogP contribution in [0.3, 0.4) is 0 Å². The molecule has 2 amide bonds. The molecule has 8 rings (SSSR count). The number of halogens is 2. The van der Waals surface area contributed by atoms with Crippen LogP contribution in [0.15, 0.2) is 107 Å². The van der Waals surface area contributed by atoms with Gasteiger partial charge >= 0.3 is 0 Å². The maximum Gasteiger partial charge on any atom is 0.265 e. The topological polar surface area (TPSA) is 120 Å². The average Bonchev–Trinajstić information content (AvgIpc) is 3.98. The lowest BCUT2D eigenvalue weighted by molar-refractivity contribution is 0.0969. The van der Waals surface area contributed by atoms with Crippen LogP contribution in [-0.2, 0) is 14.1 Å². The van der Waals surface area contributed by atoms with Gasteiger partial charge in [-0.15, -0.1) is 45.3 Å². The number of allylic oxidation sites excluding steroid dienone is 3. The molecule has 0 saturated heterocycles. The van der Waals surface area contributed by atoms with E-state index in [1.807, 2.05) is 72.0 Å². The highest BCUT2D eigenvalue weighted by Gasteiger charge is 2.18. The quantitative estimate of drug-likeness (QED) is 0.158. The molecule has 262 valence electrons. The molecule has 7 aromatic rings. The summed E-state index contributed by atoms with van der Waals surface area (Å²) in [6.45, 7) is 0. The molecule has 0 radical (unpaired) electrons. The van der Waals surface area contributed by atoms with E-state index in [1.165, 1.54) is 46.1 Å². The number of aryl methyl sites for hydroxylation is 2. The van der Waals surface area contributed by atoms with E-state index in [9.17, 15) is 14.0 Å². The first-order valence-electron chi connectivity index (χ1n) is 15.7. The van der Waals surface area contributed by atoms with E-state index in [-0.39, 0.29) is 17.5 Å². The minimum Gasteiger partial charge on any atom is -0.320 e. The second-order valence-electron chi connectivity index (χ2n) is 11.2. The number of thiazole rings is 2. The lowest BCUT2D eigenvalue weighted by Crippen LogP contribution is -2.22. The number of para-hydroxylation sites is 1. The molecule has 16 heteroatoms. The number of amides is 2.